The van der Waals surface area contributed by atoms with E-state index in [-0.39, 0.29) is 30.4 Å². The molecular weight excluding hydrogens is 260 g/mol. The minimum absolute atomic E-state index is 0.0258. The Bertz CT molecular complexity index is 444. The van der Waals surface area contributed by atoms with Gasteiger partial charge in [0.2, 0.25) is 11.8 Å². The van der Waals surface area contributed by atoms with Crippen molar-refractivity contribution in [2.24, 2.45) is 0 Å². The van der Waals surface area contributed by atoms with E-state index in [1.54, 1.807) is 16.2 Å². The molecule has 0 spiro atoms. The molecule has 0 aliphatic carbocycles. The summed E-state index contributed by atoms with van der Waals surface area (Å²) in [5.74, 6) is 0.00903. The number of nitrogens with zero attached hydrogens (tertiary/aromatic N) is 1. The molecule has 2 unspecified atom stereocenters. The first-order valence-electron chi connectivity index (χ1n) is 6.80. The molecule has 19 heavy (non-hydrogen) atoms. The second kappa shape index (κ2) is 6.19. The molecular formula is C14H20N2O2S. The number of amides is 2. The van der Waals surface area contributed by atoms with E-state index in [0.717, 1.165) is 17.7 Å². The van der Waals surface area contributed by atoms with Crippen LogP contribution in [0.2, 0.25) is 0 Å². The molecule has 2 atom stereocenters. The van der Waals surface area contributed by atoms with Crippen LogP contribution in [-0.2, 0) is 9.59 Å². The summed E-state index contributed by atoms with van der Waals surface area (Å²) in [6.45, 7) is 4.25. The Labute approximate surface area is 117 Å². The van der Waals surface area contributed by atoms with Crippen molar-refractivity contribution in [1.29, 1.82) is 0 Å². The smallest absolute Gasteiger partial charge is 0.246 e. The Morgan fingerprint density at radius 1 is 1.47 bits per heavy atom. The van der Waals surface area contributed by atoms with E-state index in [9.17, 15) is 9.59 Å². The molecule has 104 valence electrons. The third kappa shape index (κ3) is 2.97. The van der Waals surface area contributed by atoms with Crippen LogP contribution < -0.4 is 5.32 Å². The molecule has 1 N–H and O–H groups in total. The fraction of sp³-hybridized carbons (Fsp3) is 0.571. The van der Waals surface area contributed by atoms with Crippen LogP contribution in [0.15, 0.2) is 17.5 Å². The van der Waals surface area contributed by atoms with E-state index in [1.165, 1.54) is 0 Å². The van der Waals surface area contributed by atoms with E-state index in [1.807, 2.05) is 24.4 Å². The quantitative estimate of drug-likeness (QED) is 0.900. The summed E-state index contributed by atoms with van der Waals surface area (Å²) in [6, 6.07) is 3.70. The zero-order chi connectivity index (χ0) is 13.8. The van der Waals surface area contributed by atoms with Crippen LogP contribution >= 0.6 is 11.3 Å². The molecule has 0 bridgehead atoms. The number of nitrogens with one attached hydrogen (secondary N) is 1. The molecule has 1 aliphatic heterocycles. The van der Waals surface area contributed by atoms with Gasteiger partial charge in [0.25, 0.3) is 0 Å². The summed E-state index contributed by atoms with van der Waals surface area (Å²) in [4.78, 5) is 27.2. The van der Waals surface area contributed by atoms with Gasteiger partial charge < -0.3 is 10.2 Å². The summed E-state index contributed by atoms with van der Waals surface area (Å²) in [6.07, 6.45) is 2.43. The Morgan fingerprint density at radius 2 is 2.26 bits per heavy atom. The summed E-state index contributed by atoms with van der Waals surface area (Å²) in [7, 11) is 0. The van der Waals surface area contributed by atoms with Crippen LogP contribution in [0.1, 0.15) is 44.0 Å². The van der Waals surface area contributed by atoms with Crippen LogP contribution in [0.4, 0.5) is 0 Å². The highest BCUT2D eigenvalue weighted by atomic mass is 32.1. The average molecular weight is 280 g/mol. The maximum atomic E-state index is 12.5. The maximum absolute atomic E-state index is 12.5. The summed E-state index contributed by atoms with van der Waals surface area (Å²) < 4.78 is 0. The third-order valence-corrected chi connectivity index (χ3v) is 4.42. The largest absolute Gasteiger partial charge is 0.343 e. The van der Waals surface area contributed by atoms with Gasteiger partial charge in [-0.2, -0.15) is 0 Å². The topological polar surface area (TPSA) is 49.4 Å². The molecule has 1 saturated heterocycles. The fourth-order valence-electron chi connectivity index (χ4n) is 2.54. The zero-order valence-electron chi connectivity index (χ0n) is 11.4. The van der Waals surface area contributed by atoms with Crippen LogP contribution in [0.5, 0.6) is 0 Å². The number of piperazine rings is 1. The molecule has 1 aromatic rings. The molecule has 2 rings (SSSR count). The SMILES string of the molecule is CCCC1NC(=O)CN(C(CC)c2cccs2)C1=O. The Hall–Kier alpha value is -1.36. The lowest BCUT2D eigenvalue weighted by Crippen LogP contribution is -2.58. The summed E-state index contributed by atoms with van der Waals surface area (Å²) in [5.41, 5.74) is 0. The van der Waals surface area contributed by atoms with Crippen molar-refractivity contribution >= 4 is 23.2 Å². The average Bonchev–Trinajstić information content (AvgIpc) is 2.90. The number of rotatable bonds is 5. The minimum Gasteiger partial charge on any atom is -0.343 e. The summed E-state index contributed by atoms with van der Waals surface area (Å²) in [5, 5.41) is 4.80. The Morgan fingerprint density at radius 3 is 2.84 bits per heavy atom. The first-order chi connectivity index (χ1) is 9.17. The van der Waals surface area contributed by atoms with E-state index in [4.69, 9.17) is 0 Å². The normalized spacial score (nSPS) is 21.4. The molecule has 1 fully saturated rings. The van der Waals surface area contributed by atoms with Gasteiger partial charge in [0, 0.05) is 4.88 Å². The minimum atomic E-state index is -0.347. The fourth-order valence-corrected chi connectivity index (χ4v) is 3.46. The van der Waals surface area contributed by atoms with Gasteiger partial charge in [-0.15, -0.1) is 11.3 Å². The number of carbonyl (C=O) groups excluding carboxylic acids is 2. The van der Waals surface area contributed by atoms with Crippen LogP contribution in [-0.4, -0.2) is 29.3 Å². The van der Waals surface area contributed by atoms with Gasteiger partial charge in [-0.1, -0.05) is 26.3 Å². The van der Waals surface area contributed by atoms with Crippen molar-refractivity contribution < 1.29 is 9.59 Å². The van der Waals surface area contributed by atoms with Crippen molar-refractivity contribution in [2.75, 3.05) is 6.54 Å². The summed E-state index contributed by atoms with van der Waals surface area (Å²) >= 11 is 1.64. The second-order valence-electron chi connectivity index (χ2n) is 4.81. The molecule has 1 aliphatic rings. The lowest BCUT2D eigenvalue weighted by Gasteiger charge is -2.37. The Kier molecular flexibility index (Phi) is 4.58. The van der Waals surface area contributed by atoms with Crippen LogP contribution in [0, 0.1) is 0 Å². The van der Waals surface area contributed by atoms with Crippen LogP contribution in [0.25, 0.3) is 0 Å². The molecule has 5 heteroatoms. The monoisotopic (exact) mass is 280 g/mol. The predicted octanol–water partition coefficient (Wildman–Crippen LogP) is 2.33. The first kappa shape index (κ1) is 14.1. The standard InChI is InChI=1S/C14H20N2O2S/c1-3-6-10-14(18)16(9-13(17)15-10)11(4-2)12-7-5-8-19-12/h5,7-8,10-11H,3-4,6,9H2,1-2H3,(H,15,17). The number of carbonyl (C=O) groups is 2. The number of hydrogen-bond donors (Lipinski definition) is 1. The molecule has 2 heterocycles. The molecule has 1 aromatic heterocycles. The van der Waals surface area contributed by atoms with Gasteiger partial charge in [-0.25, -0.2) is 0 Å². The lowest BCUT2D eigenvalue weighted by molar-refractivity contribution is -0.147. The van der Waals surface area contributed by atoms with Crippen molar-refractivity contribution in [3.05, 3.63) is 22.4 Å². The van der Waals surface area contributed by atoms with Crippen molar-refractivity contribution in [1.82, 2.24) is 10.2 Å². The maximum Gasteiger partial charge on any atom is 0.246 e. The molecule has 0 saturated carbocycles. The first-order valence-corrected chi connectivity index (χ1v) is 7.68. The molecule has 4 nitrogen and oxygen atoms in total. The van der Waals surface area contributed by atoms with Gasteiger partial charge in [0.1, 0.15) is 12.6 Å². The lowest BCUT2D eigenvalue weighted by atomic mass is 10.0. The Balaban J connectivity index is 2.21. The van der Waals surface area contributed by atoms with Gasteiger partial charge >= 0.3 is 0 Å². The van der Waals surface area contributed by atoms with Gasteiger partial charge in [0.15, 0.2) is 0 Å². The molecule has 2 amide bonds. The van der Waals surface area contributed by atoms with Crippen molar-refractivity contribution in [3.8, 4) is 0 Å². The predicted molar refractivity (Wildman–Crippen MR) is 75.9 cm³/mol. The highest BCUT2D eigenvalue weighted by Gasteiger charge is 2.36. The van der Waals surface area contributed by atoms with Gasteiger partial charge in [-0.05, 0) is 24.3 Å². The van der Waals surface area contributed by atoms with Crippen molar-refractivity contribution in [2.45, 2.75) is 45.2 Å². The molecule has 0 radical (unpaired) electrons. The highest BCUT2D eigenvalue weighted by molar-refractivity contribution is 7.10. The van der Waals surface area contributed by atoms with E-state index < -0.39 is 0 Å². The van der Waals surface area contributed by atoms with Gasteiger partial charge in [-0.3, -0.25) is 9.59 Å². The molecule has 0 aromatic carbocycles. The number of hydrogen-bond acceptors (Lipinski definition) is 3. The van der Waals surface area contributed by atoms with E-state index >= 15 is 0 Å². The van der Waals surface area contributed by atoms with E-state index in [2.05, 4.69) is 12.2 Å². The highest BCUT2D eigenvalue weighted by Crippen LogP contribution is 2.29. The zero-order valence-corrected chi connectivity index (χ0v) is 12.2. The third-order valence-electron chi connectivity index (χ3n) is 3.44. The second-order valence-corrected chi connectivity index (χ2v) is 5.79. The van der Waals surface area contributed by atoms with E-state index in [0.29, 0.717) is 6.42 Å². The van der Waals surface area contributed by atoms with Crippen LogP contribution in [0.3, 0.4) is 0 Å². The van der Waals surface area contributed by atoms with Gasteiger partial charge in [0.05, 0.1) is 6.04 Å². The number of thiophene rings is 1. The van der Waals surface area contributed by atoms with Crippen molar-refractivity contribution in [3.63, 3.8) is 0 Å².